The molecule has 4 rings (SSSR count). The van der Waals surface area contributed by atoms with Gasteiger partial charge in [-0.25, -0.2) is 9.37 Å². The van der Waals surface area contributed by atoms with Crippen molar-refractivity contribution in [3.05, 3.63) is 81.5 Å². The maximum Gasteiger partial charge on any atom is 0.292 e. The second kappa shape index (κ2) is 15.7. The number of methoxy groups -OCH3 is 1. The zero-order valence-electron chi connectivity index (χ0n) is 23.6. The van der Waals surface area contributed by atoms with E-state index in [2.05, 4.69) is 30.7 Å². The number of carbonyl (C=O) groups is 4. The third-order valence-electron chi connectivity index (χ3n) is 6.25. The lowest BCUT2D eigenvalue weighted by Gasteiger charge is -2.14. The molecule has 2 bridgehead atoms. The zero-order chi connectivity index (χ0) is 31.5. The minimum atomic E-state index is -0.788. The van der Waals surface area contributed by atoms with E-state index in [4.69, 9.17) is 28.0 Å². The van der Waals surface area contributed by atoms with Crippen LogP contribution in [0.4, 0.5) is 15.8 Å². The first-order chi connectivity index (χ1) is 20.6. The summed E-state index contributed by atoms with van der Waals surface area (Å²) in [7, 11) is 3.09. The Labute approximate surface area is 257 Å². The summed E-state index contributed by atoms with van der Waals surface area (Å²) in [6, 6.07) is 7.52. The van der Waals surface area contributed by atoms with Gasteiger partial charge in [0.15, 0.2) is 5.78 Å². The lowest BCUT2D eigenvalue weighted by atomic mass is 10.0. The average Bonchev–Trinajstić information content (AvgIpc) is 3.37. The Morgan fingerprint density at radius 1 is 1.19 bits per heavy atom. The molecule has 2 heterocycles. The lowest BCUT2D eigenvalue weighted by molar-refractivity contribution is -0.126. The predicted octanol–water partition coefficient (Wildman–Crippen LogP) is 6.11. The smallest absolute Gasteiger partial charge is 0.292 e. The molecule has 0 fully saturated rings. The molecule has 0 unspecified atom stereocenters. The van der Waals surface area contributed by atoms with Crippen molar-refractivity contribution < 1.29 is 28.3 Å². The number of halogens is 3. The van der Waals surface area contributed by atoms with E-state index < -0.39 is 17.8 Å². The van der Waals surface area contributed by atoms with Crippen LogP contribution in [0, 0.1) is 5.82 Å². The second-order valence-corrected chi connectivity index (χ2v) is 9.98. The highest BCUT2D eigenvalue weighted by Gasteiger charge is 2.22. The number of aromatic nitrogens is 2. The molecule has 0 radical (unpaired) electrons. The number of hydrogen-bond acceptors (Lipinski definition) is 7. The van der Waals surface area contributed by atoms with Gasteiger partial charge in [-0.2, -0.15) is 0 Å². The fourth-order valence-electron chi connectivity index (χ4n) is 4.15. The number of nitrogens with zero attached hydrogens (tertiary/aromatic N) is 1. The van der Waals surface area contributed by atoms with Gasteiger partial charge in [-0.15, -0.1) is 0 Å². The summed E-state index contributed by atoms with van der Waals surface area (Å²) in [5.41, 5.74) is 2.40. The molecule has 0 aliphatic carbocycles. The van der Waals surface area contributed by atoms with E-state index in [9.17, 15) is 18.8 Å². The number of ether oxygens (including phenoxy) is 1. The zero-order valence-corrected chi connectivity index (χ0v) is 25.1. The van der Waals surface area contributed by atoms with Crippen molar-refractivity contribution in [3.63, 3.8) is 0 Å². The van der Waals surface area contributed by atoms with Crippen LogP contribution in [0.1, 0.15) is 54.0 Å². The standard InChI is InChI=1S/C28H26Cl2FN5O3.C2H4O2/c1-15(37)17-10-12-20(29)25(31)18(17)11-13-24(39)33-21-6-4-3-5-7-23(38)34-22-14-16(32-2)8-9-19(22)26-27(30)36-28(21)35-26;1-4-2-3/h3-4,8-14,21,32H,5-7H2,1-2H3,(H,33,39)(H,34,38)(H,35,36);2H,1H3/b4-3+,13-11+;/t21-;/m0./s1. The number of H-pyrrole nitrogens is 1. The van der Waals surface area contributed by atoms with Crippen molar-refractivity contribution in [2.24, 2.45) is 0 Å². The number of hydrogen-bond donors (Lipinski definition) is 4. The number of carbonyl (C=O) groups excluding carboxylic acids is 4. The van der Waals surface area contributed by atoms with Crippen molar-refractivity contribution >= 4 is 64.7 Å². The van der Waals surface area contributed by atoms with Gasteiger partial charge in [-0.1, -0.05) is 35.4 Å². The van der Waals surface area contributed by atoms with Gasteiger partial charge in [-0.05, 0) is 56.2 Å². The Balaban J connectivity index is 0.00000119. The Morgan fingerprint density at radius 2 is 1.93 bits per heavy atom. The maximum absolute atomic E-state index is 14.6. The number of anilines is 2. The number of allylic oxidation sites excluding steroid dienone is 1. The number of aromatic amines is 1. The molecule has 1 aliphatic rings. The minimum absolute atomic E-state index is 0.0713. The third kappa shape index (κ3) is 8.76. The van der Waals surface area contributed by atoms with Gasteiger partial charge < -0.3 is 25.7 Å². The molecule has 4 N–H and O–H groups in total. The quantitative estimate of drug-likeness (QED) is 0.112. The van der Waals surface area contributed by atoms with Crippen molar-refractivity contribution in [1.29, 1.82) is 0 Å². The molecule has 10 nitrogen and oxygen atoms in total. The van der Waals surface area contributed by atoms with Gasteiger partial charge in [-0.3, -0.25) is 19.2 Å². The van der Waals surface area contributed by atoms with Crippen molar-refractivity contribution in [3.8, 4) is 11.3 Å². The SMILES string of the molecule is CNc1ccc2c(c1)NC(=O)CC/C=C/C[C@H](NC(=O)/C=C/c1c(C(C)=O)ccc(Cl)c1F)c1nc-2c(Cl)[nH]1.COC=O. The van der Waals surface area contributed by atoms with E-state index in [0.717, 1.165) is 11.8 Å². The van der Waals surface area contributed by atoms with Crippen LogP contribution in [-0.2, 0) is 19.1 Å². The summed E-state index contributed by atoms with van der Waals surface area (Å²) < 4.78 is 18.5. The number of fused-ring (bicyclic) bond motifs is 4. The monoisotopic (exact) mass is 629 g/mol. The Kier molecular flexibility index (Phi) is 12.0. The molecule has 13 heteroatoms. The van der Waals surface area contributed by atoms with Gasteiger partial charge in [0.2, 0.25) is 11.8 Å². The summed E-state index contributed by atoms with van der Waals surface area (Å²) in [6.45, 7) is 1.68. The van der Waals surface area contributed by atoms with E-state index in [0.29, 0.717) is 42.1 Å². The van der Waals surface area contributed by atoms with Crippen LogP contribution in [0.15, 0.2) is 48.6 Å². The first kappa shape index (κ1) is 33.0. The molecule has 0 saturated carbocycles. The molecule has 0 spiro atoms. The van der Waals surface area contributed by atoms with Gasteiger partial charge in [0.1, 0.15) is 22.5 Å². The molecule has 43 heavy (non-hydrogen) atoms. The molecule has 1 aromatic heterocycles. The predicted molar refractivity (Wildman–Crippen MR) is 165 cm³/mol. The second-order valence-electron chi connectivity index (χ2n) is 9.19. The fraction of sp³-hybridized carbons (Fsp3) is 0.233. The summed E-state index contributed by atoms with van der Waals surface area (Å²) in [5, 5.41) is 8.90. The molecule has 2 amide bonds. The molecule has 226 valence electrons. The first-order valence-corrected chi connectivity index (χ1v) is 13.8. The average molecular weight is 631 g/mol. The largest absolute Gasteiger partial charge is 0.471 e. The Hall–Kier alpha value is -4.48. The topological polar surface area (TPSA) is 142 Å². The van der Waals surface area contributed by atoms with Crippen molar-refractivity contribution in [2.45, 2.75) is 32.2 Å². The fourth-order valence-corrected chi connectivity index (χ4v) is 4.56. The van der Waals surface area contributed by atoms with Crippen molar-refractivity contribution in [2.75, 3.05) is 24.8 Å². The molecule has 1 aliphatic heterocycles. The summed E-state index contributed by atoms with van der Waals surface area (Å²) in [6.07, 6.45) is 7.15. The normalized spacial score (nSPS) is 15.3. The number of imidazole rings is 1. The van der Waals surface area contributed by atoms with E-state index in [1.165, 1.54) is 32.2 Å². The highest BCUT2D eigenvalue weighted by atomic mass is 35.5. The lowest BCUT2D eigenvalue weighted by Crippen LogP contribution is -2.27. The molecule has 0 saturated heterocycles. The molecule has 1 atom stereocenters. The van der Waals surface area contributed by atoms with Crippen LogP contribution in [0.2, 0.25) is 10.2 Å². The molecule has 2 aromatic carbocycles. The Morgan fingerprint density at radius 3 is 2.60 bits per heavy atom. The van der Waals surface area contributed by atoms with Gasteiger partial charge in [0.05, 0.1) is 23.9 Å². The van der Waals surface area contributed by atoms with Crippen molar-refractivity contribution in [1.82, 2.24) is 15.3 Å². The molecular weight excluding hydrogens is 600 g/mol. The highest BCUT2D eigenvalue weighted by molar-refractivity contribution is 6.32. The third-order valence-corrected chi connectivity index (χ3v) is 6.81. The van der Waals surface area contributed by atoms with E-state index in [1.54, 1.807) is 19.2 Å². The van der Waals surface area contributed by atoms with Crippen LogP contribution in [-0.4, -0.2) is 48.2 Å². The van der Waals surface area contributed by atoms with Crippen LogP contribution in [0.3, 0.4) is 0 Å². The highest BCUT2D eigenvalue weighted by Crippen LogP contribution is 2.35. The Bertz CT molecular complexity index is 1570. The number of rotatable bonds is 6. The number of amides is 2. The number of ketones is 1. The van der Waals surface area contributed by atoms with Gasteiger partial charge in [0.25, 0.3) is 6.47 Å². The van der Waals surface area contributed by atoms with E-state index in [-0.39, 0.29) is 39.4 Å². The minimum Gasteiger partial charge on any atom is -0.471 e. The van der Waals surface area contributed by atoms with Crippen LogP contribution in [0.25, 0.3) is 17.3 Å². The number of Topliss-reactive ketones (excluding diaryl/α,β-unsaturated/α-hetero) is 1. The number of nitrogens with one attached hydrogen (secondary N) is 4. The van der Waals surface area contributed by atoms with Crippen LogP contribution < -0.4 is 16.0 Å². The summed E-state index contributed by atoms with van der Waals surface area (Å²) in [5.74, 6) is -1.46. The van der Waals surface area contributed by atoms with Crippen LogP contribution in [0.5, 0.6) is 0 Å². The first-order valence-electron chi connectivity index (χ1n) is 13.1. The van der Waals surface area contributed by atoms with E-state index in [1.807, 2.05) is 18.2 Å². The van der Waals surface area contributed by atoms with Gasteiger partial charge in [0, 0.05) is 41.9 Å². The molecule has 3 aromatic rings. The molecular formula is C30H30Cl2FN5O5. The summed E-state index contributed by atoms with van der Waals surface area (Å²) >= 11 is 12.4. The number of benzene rings is 2. The summed E-state index contributed by atoms with van der Waals surface area (Å²) in [4.78, 5) is 54.0. The maximum atomic E-state index is 14.6. The van der Waals surface area contributed by atoms with Gasteiger partial charge >= 0.3 is 0 Å². The van der Waals surface area contributed by atoms with Crippen LogP contribution >= 0.6 is 23.2 Å². The van der Waals surface area contributed by atoms with E-state index >= 15 is 0 Å².